The Morgan fingerprint density at radius 1 is 1.27 bits per heavy atom. The van der Waals surface area contributed by atoms with E-state index >= 15 is 0 Å². The molecule has 7 heteroatoms. The molecule has 0 N–H and O–H groups in total. The average molecular weight is 436 g/mol. The van der Waals surface area contributed by atoms with Gasteiger partial charge in [-0.3, -0.25) is 4.79 Å². The van der Waals surface area contributed by atoms with Crippen LogP contribution in [0.2, 0.25) is 5.02 Å². The SMILES string of the molecule is Cc1cc(N(CCC#N)C(=O)COC(=O)c2ccccc2Br)ccc1Cl. The molecule has 2 aromatic rings. The number of carbonyl (C=O) groups is 2. The topological polar surface area (TPSA) is 70.4 Å². The first-order valence-corrected chi connectivity index (χ1v) is 8.96. The number of rotatable bonds is 6. The first-order chi connectivity index (χ1) is 12.4. The van der Waals surface area contributed by atoms with Crippen LogP contribution in [0.3, 0.4) is 0 Å². The summed E-state index contributed by atoms with van der Waals surface area (Å²) in [7, 11) is 0. The summed E-state index contributed by atoms with van der Waals surface area (Å²) in [6, 6.07) is 14.0. The van der Waals surface area contributed by atoms with Gasteiger partial charge in [0.05, 0.1) is 18.1 Å². The molecule has 0 radical (unpaired) electrons. The van der Waals surface area contributed by atoms with Crippen LogP contribution in [-0.4, -0.2) is 25.0 Å². The van der Waals surface area contributed by atoms with Gasteiger partial charge in [0.1, 0.15) is 0 Å². The Kier molecular flexibility index (Phi) is 7.19. The van der Waals surface area contributed by atoms with Gasteiger partial charge in [-0.25, -0.2) is 4.79 Å². The molecular formula is C19H16BrClN2O3. The van der Waals surface area contributed by atoms with Crippen molar-refractivity contribution in [1.82, 2.24) is 0 Å². The number of amides is 1. The molecular weight excluding hydrogens is 420 g/mol. The van der Waals surface area contributed by atoms with E-state index in [1.807, 2.05) is 13.0 Å². The first-order valence-electron chi connectivity index (χ1n) is 7.79. The Morgan fingerprint density at radius 3 is 2.65 bits per heavy atom. The minimum absolute atomic E-state index is 0.158. The number of carbonyl (C=O) groups excluding carboxylic acids is 2. The van der Waals surface area contributed by atoms with Crippen molar-refractivity contribution in [2.75, 3.05) is 18.1 Å². The molecule has 0 fully saturated rings. The number of benzene rings is 2. The van der Waals surface area contributed by atoms with Gasteiger partial charge >= 0.3 is 5.97 Å². The van der Waals surface area contributed by atoms with E-state index in [1.54, 1.807) is 42.5 Å². The van der Waals surface area contributed by atoms with Gasteiger partial charge in [0, 0.05) is 21.7 Å². The highest BCUT2D eigenvalue weighted by atomic mass is 79.9. The van der Waals surface area contributed by atoms with E-state index in [1.165, 1.54) is 4.90 Å². The molecule has 0 spiro atoms. The molecule has 0 unspecified atom stereocenters. The molecule has 0 aliphatic rings. The summed E-state index contributed by atoms with van der Waals surface area (Å²) in [5, 5.41) is 9.43. The summed E-state index contributed by atoms with van der Waals surface area (Å²) in [5.41, 5.74) is 1.75. The number of ether oxygens (including phenoxy) is 1. The van der Waals surface area contributed by atoms with Gasteiger partial charge in [0.25, 0.3) is 5.91 Å². The molecule has 2 rings (SSSR count). The van der Waals surface area contributed by atoms with Crippen LogP contribution in [0, 0.1) is 18.3 Å². The lowest BCUT2D eigenvalue weighted by Gasteiger charge is -2.22. The summed E-state index contributed by atoms with van der Waals surface area (Å²) in [6.07, 6.45) is 0.158. The Hall–Kier alpha value is -2.36. The molecule has 1 amide bonds. The van der Waals surface area contributed by atoms with E-state index in [0.29, 0.717) is 20.7 Å². The normalized spacial score (nSPS) is 10.1. The molecule has 0 saturated carbocycles. The maximum atomic E-state index is 12.6. The molecule has 134 valence electrons. The number of esters is 1. The Morgan fingerprint density at radius 2 is 2.00 bits per heavy atom. The minimum atomic E-state index is -0.599. The lowest BCUT2D eigenvalue weighted by atomic mass is 10.2. The fourth-order valence-electron chi connectivity index (χ4n) is 2.27. The Balaban J connectivity index is 2.11. The van der Waals surface area contributed by atoms with Crippen molar-refractivity contribution < 1.29 is 14.3 Å². The summed E-state index contributed by atoms with van der Waals surface area (Å²) in [5.74, 6) is -1.01. The van der Waals surface area contributed by atoms with E-state index in [-0.39, 0.29) is 13.0 Å². The largest absolute Gasteiger partial charge is 0.452 e. The third kappa shape index (κ3) is 5.07. The summed E-state index contributed by atoms with van der Waals surface area (Å²) >= 11 is 9.30. The molecule has 0 atom stereocenters. The third-order valence-corrected chi connectivity index (χ3v) is 4.74. The van der Waals surface area contributed by atoms with Crippen LogP contribution in [0.1, 0.15) is 22.3 Å². The summed E-state index contributed by atoms with van der Waals surface area (Å²) in [4.78, 5) is 26.1. The number of nitriles is 1. The average Bonchev–Trinajstić information content (AvgIpc) is 2.63. The standard InChI is InChI=1S/C19H16BrClN2O3/c1-13-11-14(7-8-17(13)21)23(10-4-9-22)18(24)12-26-19(25)15-5-2-3-6-16(15)20/h2-3,5-8,11H,4,10,12H2,1H3. The second-order valence-corrected chi connectivity index (χ2v) is 6.70. The van der Waals surface area contributed by atoms with Gasteiger partial charge in [-0.2, -0.15) is 5.26 Å². The maximum Gasteiger partial charge on any atom is 0.339 e. The molecule has 5 nitrogen and oxygen atoms in total. The molecule has 0 saturated heterocycles. The fraction of sp³-hybridized carbons (Fsp3) is 0.211. The van der Waals surface area contributed by atoms with Crippen LogP contribution in [-0.2, 0) is 9.53 Å². The number of nitrogens with zero attached hydrogens (tertiary/aromatic N) is 2. The van der Waals surface area contributed by atoms with E-state index in [0.717, 1.165) is 5.56 Å². The molecule has 2 aromatic carbocycles. The lowest BCUT2D eigenvalue weighted by molar-refractivity contribution is -0.121. The van der Waals surface area contributed by atoms with Gasteiger partial charge in [-0.05, 0) is 58.7 Å². The van der Waals surface area contributed by atoms with Crippen molar-refractivity contribution in [3.63, 3.8) is 0 Å². The summed E-state index contributed by atoms with van der Waals surface area (Å²) < 4.78 is 5.73. The van der Waals surface area contributed by atoms with Crippen molar-refractivity contribution in [1.29, 1.82) is 5.26 Å². The molecule has 0 heterocycles. The zero-order chi connectivity index (χ0) is 19.1. The number of halogens is 2. The third-order valence-electron chi connectivity index (χ3n) is 3.62. The van der Waals surface area contributed by atoms with Crippen LogP contribution in [0.25, 0.3) is 0 Å². The molecule has 0 aliphatic carbocycles. The van der Waals surface area contributed by atoms with Gasteiger partial charge < -0.3 is 9.64 Å². The minimum Gasteiger partial charge on any atom is -0.452 e. The zero-order valence-corrected chi connectivity index (χ0v) is 16.4. The van der Waals surface area contributed by atoms with E-state index in [9.17, 15) is 9.59 Å². The lowest BCUT2D eigenvalue weighted by Crippen LogP contribution is -2.35. The van der Waals surface area contributed by atoms with Crippen LogP contribution >= 0.6 is 27.5 Å². The van der Waals surface area contributed by atoms with Gasteiger partial charge in [-0.1, -0.05) is 23.7 Å². The van der Waals surface area contributed by atoms with E-state index < -0.39 is 18.5 Å². The highest BCUT2D eigenvalue weighted by Crippen LogP contribution is 2.23. The molecule has 0 bridgehead atoms. The fourth-order valence-corrected chi connectivity index (χ4v) is 2.83. The van der Waals surface area contributed by atoms with Crippen molar-refractivity contribution in [2.24, 2.45) is 0 Å². The Labute approximate surface area is 165 Å². The summed E-state index contributed by atoms with van der Waals surface area (Å²) in [6.45, 7) is 1.60. The van der Waals surface area contributed by atoms with Crippen LogP contribution in [0.15, 0.2) is 46.9 Å². The predicted molar refractivity (Wildman–Crippen MR) is 103 cm³/mol. The van der Waals surface area contributed by atoms with Crippen molar-refractivity contribution >= 4 is 45.1 Å². The van der Waals surface area contributed by atoms with E-state index in [4.69, 9.17) is 21.6 Å². The van der Waals surface area contributed by atoms with Crippen LogP contribution in [0.4, 0.5) is 5.69 Å². The highest BCUT2D eigenvalue weighted by molar-refractivity contribution is 9.10. The first kappa shape index (κ1) is 20.0. The van der Waals surface area contributed by atoms with Crippen molar-refractivity contribution in [3.8, 4) is 6.07 Å². The predicted octanol–water partition coefficient (Wildman–Crippen LogP) is 4.51. The molecule has 0 aromatic heterocycles. The number of hydrogen-bond donors (Lipinski definition) is 0. The highest BCUT2D eigenvalue weighted by Gasteiger charge is 2.19. The second kappa shape index (κ2) is 9.37. The zero-order valence-electron chi connectivity index (χ0n) is 14.0. The number of hydrogen-bond acceptors (Lipinski definition) is 4. The van der Waals surface area contributed by atoms with Gasteiger partial charge in [-0.15, -0.1) is 0 Å². The van der Waals surface area contributed by atoms with E-state index in [2.05, 4.69) is 15.9 Å². The smallest absolute Gasteiger partial charge is 0.339 e. The van der Waals surface area contributed by atoms with Crippen molar-refractivity contribution in [2.45, 2.75) is 13.3 Å². The Bertz CT molecular complexity index is 864. The quantitative estimate of drug-likeness (QED) is 0.626. The number of anilines is 1. The second-order valence-electron chi connectivity index (χ2n) is 5.44. The number of aryl methyl sites for hydroxylation is 1. The molecule has 0 aliphatic heterocycles. The van der Waals surface area contributed by atoms with Crippen molar-refractivity contribution in [3.05, 3.63) is 63.1 Å². The van der Waals surface area contributed by atoms with Gasteiger partial charge in [0.15, 0.2) is 6.61 Å². The maximum absolute atomic E-state index is 12.6. The monoisotopic (exact) mass is 434 g/mol. The van der Waals surface area contributed by atoms with Crippen LogP contribution < -0.4 is 4.90 Å². The van der Waals surface area contributed by atoms with Gasteiger partial charge in [0.2, 0.25) is 0 Å². The molecule has 26 heavy (non-hydrogen) atoms. The van der Waals surface area contributed by atoms with Crippen LogP contribution in [0.5, 0.6) is 0 Å².